The zero-order chi connectivity index (χ0) is 24.2. The molecule has 10 heteroatoms. The molecule has 0 aliphatic rings. The van der Waals surface area contributed by atoms with Crippen LogP contribution in [0.3, 0.4) is 0 Å². The van der Waals surface area contributed by atoms with E-state index in [0.717, 1.165) is 27.9 Å². The van der Waals surface area contributed by atoms with Gasteiger partial charge >= 0.3 is 0 Å². The smallest absolute Gasteiger partial charge is 0.269 e. The molecule has 3 aromatic heterocycles. The van der Waals surface area contributed by atoms with Crippen molar-refractivity contribution >= 4 is 34.5 Å². The van der Waals surface area contributed by atoms with E-state index in [1.54, 1.807) is 67.4 Å². The standard InChI is InChI=1S/C25H20N8O2/c1-15-4-5-16(23(34)32-33-24(35)17-6-7-20-22(12-17)29-14-28-20)11-21(15)31-25-27-10-8-19(30-25)18-3-2-9-26-13-18/h2-14H,1H3,(H,28,29)(H,32,34)(H,33,35)(H,27,30,31). The van der Waals surface area contributed by atoms with Crippen molar-refractivity contribution in [1.82, 2.24) is 35.8 Å². The van der Waals surface area contributed by atoms with E-state index in [1.165, 1.54) is 0 Å². The number of carbonyl (C=O) groups is 2. The summed E-state index contributed by atoms with van der Waals surface area (Å²) in [5.41, 5.74) is 10.3. The highest BCUT2D eigenvalue weighted by atomic mass is 16.2. The molecular weight excluding hydrogens is 444 g/mol. The van der Waals surface area contributed by atoms with Gasteiger partial charge in [-0.05, 0) is 61.0 Å². The fourth-order valence-corrected chi connectivity index (χ4v) is 3.45. The Morgan fingerprint density at radius 3 is 2.49 bits per heavy atom. The highest BCUT2D eigenvalue weighted by molar-refractivity contribution is 6.01. The summed E-state index contributed by atoms with van der Waals surface area (Å²) in [6, 6.07) is 15.7. The molecule has 5 aromatic rings. The van der Waals surface area contributed by atoms with Crippen LogP contribution in [0.15, 0.2) is 79.5 Å². The van der Waals surface area contributed by atoms with Crippen molar-refractivity contribution in [3.8, 4) is 11.3 Å². The van der Waals surface area contributed by atoms with E-state index in [4.69, 9.17) is 0 Å². The number of nitrogens with zero attached hydrogens (tertiary/aromatic N) is 4. The average Bonchev–Trinajstić information content (AvgIpc) is 3.37. The number of aromatic amines is 1. The second-order valence-corrected chi connectivity index (χ2v) is 7.70. The molecule has 2 aromatic carbocycles. The van der Waals surface area contributed by atoms with Gasteiger partial charge in [0.1, 0.15) is 0 Å². The molecule has 3 heterocycles. The Morgan fingerprint density at radius 1 is 0.886 bits per heavy atom. The van der Waals surface area contributed by atoms with Gasteiger partial charge in [0.2, 0.25) is 5.95 Å². The van der Waals surface area contributed by atoms with Gasteiger partial charge in [-0.2, -0.15) is 0 Å². The number of nitrogens with one attached hydrogen (secondary N) is 4. The number of hydrogen-bond acceptors (Lipinski definition) is 7. The molecule has 0 unspecified atom stereocenters. The number of amides is 2. The summed E-state index contributed by atoms with van der Waals surface area (Å²) in [7, 11) is 0. The van der Waals surface area contributed by atoms with E-state index in [-0.39, 0.29) is 0 Å². The topological polar surface area (TPSA) is 138 Å². The van der Waals surface area contributed by atoms with Crippen LogP contribution in [0.2, 0.25) is 0 Å². The number of rotatable bonds is 5. The maximum atomic E-state index is 12.7. The highest BCUT2D eigenvalue weighted by Crippen LogP contribution is 2.22. The van der Waals surface area contributed by atoms with E-state index in [2.05, 4.69) is 41.1 Å². The lowest BCUT2D eigenvalue weighted by molar-refractivity contribution is 0.0847. The SMILES string of the molecule is Cc1ccc(C(=O)NNC(=O)c2ccc3nc[nH]c3c2)cc1Nc1nccc(-c2cccnc2)n1. The molecule has 172 valence electrons. The summed E-state index contributed by atoms with van der Waals surface area (Å²) >= 11 is 0. The van der Waals surface area contributed by atoms with E-state index in [1.807, 2.05) is 19.1 Å². The minimum Gasteiger partial charge on any atom is -0.345 e. The second-order valence-electron chi connectivity index (χ2n) is 7.70. The van der Waals surface area contributed by atoms with Gasteiger partial charge in [-0.25, -0.2) is 15.0 Å². The van der Waals surface area contributed by atoms with Crippen LogP contribution in [-0.4, -0.2) is 36.7 Å². The first-order valence-corrected chi connectivity index (χ1v) is 10.7. The Bertz CT molecular complexity index is 1530. The maximum Gasteiger partial charge on any atom is 0.269 e. The summed E-state index contributed by atoms with van der Waals surface area (Å²) < 4.78 is 0. The molecule has 0 saturated carbocycles. The zero-order valence-electron chi connectivity index (χ0n) is 18.6. The van der Waals surface area contributed by atoms with Crippen LogP contribution in [0, 0.1) is 6.92 Å². The first-order valence-electron chi connectivity index (χ1n) is 10.7. The van der Waals surface area contributed by atoms with Crippen LogP contribution in [0.5, 0.6) is 0 Å². The first-order chi connectivity index (χ1) is 17.1. The van der Waals surface area contributed by atoms with Gasteiger partial charge in [0.25, 0.3) is 11.8 Å². The Labute approximate surface area is 199 Å². The third kappa shape index (κ3) is 4.81. The number of imidazole rings is 1. The van der Waals surface area contributed by atoms with Crippen molar-refractivity contribution in [1.29, 1.82) is 0 Å². The second kappa shape index (κ2) is 9.40. The molecule has 4 N–H and O–H groups in total. The Morgan fingerprint density at radius 2 is 1.69 bits per heavy atom. The predicted octanol–water partition coefficient (Wildman–Crippen LogP) is 3.54. The van der Waals surface area contributed by atoms with Gasteiger partial charge < -0.3 is 10.3 Å². The number of hydrogen-bond donors (Lipinski definition) is 4. The quantitative estimate of drug-likeness (QED) is 0.292. The van der Waals surface area contributed by atoms with E-state index < -0.39 is 11.8 Å². The summed E-state index contributed by atoms with van der Waals surface area (Å²) in [6.07, 6.45) is 6.63. The van der Waals surface area contributed by atoms with Crippen molar-refractivity contribution in [2.45, 2.75) is 6.92 Å². The minimum atomic E-state index is -0.464. The highest BCUT2D eigenvalue weighted by Gasteiger charge is 2.12. The molecule has 10 nitrogen and oxygen atoms in total. The number of aryl methyl sites for hydroxylation is 1. The van der Waals surface area contributed by atoms with Crippen molar-refractivity contribution in [3.63, 3.8) is 0 Å². The van der Waals surface area contributed by atoms with Crippen molar-refractivity contribution in [2.24, 2.45) is 0 Å². The summed E-state index contributed by atoms with van der Waals surface area (Å²) in [4.78, 5) is 45.2. The molecule has 0 atom stereocenters. The van der Waals surface area contributed by atoms with Crippen LogP contribution in [0.4, 0.5) is 11.6 Å². The number of anilines is 2. The van der Waals surface area contributed by atoms with Crippen LogP contribution in [0.1, 0.15) is 26.3 Å². The van der Waals surface area contributed by atoms with Crippen molar-refractivity contribution in [3.05, 3.63) is 96.2 Å². The number of benzene rings is 2. The normalized spacial score (nSPS) is 10.7. The molecule has 0 aliphatic heterocycles. The molecular formula is C25H20N8O2. The minimum absolute atomic E-state index is 0.353. The number of aromatic nitrogens is 5. The fourth-order valence-electron chi connectivity index (χ4n) is 3.45. The molecule has 0 spiro atoms. The average molecular weight is 464 g/mol. The van der Waals surface area contributed by atoms with Crippen LogP contribution < -0.4 is 16.2 Å². The number of H-pyrrole nitrogens is 1. The van der Waals surface area contributed by atoms with E-state index in [0.29, 0.717) is 22.8 Å². The molecule has 2 amide bonds. The lowest BCUT2D eigenvalue weighted by atomic mass is 10.1. The number of pyridine rings is 1. The third-order valence-corrected chi connectivity index (χ3v) is 5.33. The van der Waals surface area contributed by atoms with E-state index in [9.17, 15) is 9.59 Å². The monoisotopic (exact) mass is 464 g/mol. The number of hydrazine groups is 1. The molecule has 35 heavy (non-hydrogen) atoms. The van der Waals surface area contributed by atoms with Crippen LogP contribution in [-0.2, 0) is 0 Å². The Balaban J connectivity index is 1.28. The summed E-state index contributed by atoms with van der Waals surface area (Å²) in [5, 5.41) is 3.16. The summed E-state index contributed by atoms with van der Waals surface area (Å²) in [5.74, 6) is -0.524. The number of carbonyl (C=O) groups excluding carboxylic acids is 2. The van der Waals surface area contributed by atoms with Gasteiger partial charge in [-0.1, -0.05) is 6.07 Å². The Kier molecular flexibility index (Phi) is 5.83. The molecule has 0 bridgehead atoms. The Hall–Kier alpha value is -5.12. The molecule has 0 saturated heterocycles. The zero-order valence-corrected chi connectivity index (χ0v) is 18.6. The number of fused-ring (bicyclic) bond motifs is 1. The molecule has 5 rings (SSSR count). The summed E-state index contributed by atoms with van der Waals surface area (Å²) in [6.45, 7) is 1.91. The van der Waals surface area contributed by atoms with Crippen LogP contribution in [0.25, 0.3) is 22.3 Å². The van der Waals surface area contributed by atoms with Gasteiger partial charge in [0, 0.05) is 41.0 Å². The predicted molar refractivity (Wildman–Crippen MR) is 131 cm³/mol. The van der Waals surface area contributed by atoms with Crippen molar-refractivity contribution < 1.29 is 9.59 Å². The maximum absolute atomic E-state index is 12.7. The van der Waals surface area contributed by atoms with Crippen molar-refractivity contribution in [2.75, 3.05) is 5.32 Å². The molecule has 0 fully saturated rings. The fraction of sp³-hybridized carbons (Fsp3) is 0.0400. The van der Waals surface area contributed by atoms with Gasteiger partial charge in [-0.3, -0.25) is 25.4 Å². The van der Waals surface area contributed by atoms with Gasteiger partial charge in [-0.15, -0.1) is 0 Å². The molecule has 0 aliphatic carbocycles. The molecule has 0 radical (unpaired) electrons. The third-order valence-electron chi connectivity index (χ3n) is 5.33. The lowest BCUT2D eigenvalue weighted by Crippen LogP contribution is -2.41. The van der Waals surface area contributed by atoms with E-state index >= 15 is 0 Å². The largest absolute Gasteiger partial charge is 0.345 e. The lowest BCUT2D eigenvalue weighted by Gasteiger charge is -2.12. The van der Waals surface area contributed by atoms with Crippen LogP contribution >= 0.6 is 0 Å². The van der Waals surface area contributed by atoms with Gasteiger partial charge in [0.05, 0.1) is 23.1 Å². The first kappa shape index (κ1) is 21.7. The van der Waals surface area contributed by atoms with Gasteiger partial charge in [0.15, 0.2) is 0 Å².